The van der Waals surface area contributed by atoms with Crippen molar-refractivity contribution in [3.8, 4) is 6.01 Å². The van der Waals surface area contributed by atoms with Gasteiger partial charge in [-0.3, -0.25) is 10.1 Å². The number of esters is 1. The van der Waals surface area contributed by atoms with E-state index in [1.54, 1.807) is 18.9 Å². The third-order valence-electron chi connectivity index (χ3n) is 5.89. The first-order valence-electron chi connectivity index (χ1n) is 11.2. The molecule has 0 radical (unpaired) electrons. The van der Waals surface area contributed by atoms with Crippen LogP contribution in [0.3, 0.4) is 0 Å². The molecule has 8 heteroatoms. The predicted molar refractivity (Wildman–Crippen MR) is 128 cm³/mol. The number of ether oxygens (including phenoxy) is 2. The van der Waals surface area contributed by atoms with Crippen molar-refractivity contribution in [3.05, 3.63) is 83.2 Å². The van der Waals surface area contributed by atoms with Gasteiger partial charge in [-0.15, -0.1) is 0 Å². The Balaban J connectivity index is 2.00. The SMILES string of the molecule is CCOC(=O)[C@@H](Oc1nc(C)cc(C)n1)[C@@]1(c2ccccc2)NCC(=O)N(C)c2ccccc21. The fourth-order valence-electron chi connectivity index (χ4n) is 4.39. The van der Waals surface area contributed by atoms with Gasteiger partial charge in [-0.05, 0) is 38.5 Å². The third-order valence-corrected chi connectivity index (χ3v) is 5.89. The van der Waals surface area contributed by atoms with E-state index in [9.17, 15) is 9.59 Å². The Labute approximate surface area is 198 Å². The van der Waals surface area contributed by atoms with Gasteiger partial charge in [0.05, 0.1) is 13.2 Å². The van der Waals surface area contributed by atoms with E-state index in [-0.39, 0.29) is 25.1 Å². The molecule has 0 bridgehead atoms. The molecule has 2 aromatic carbocycles. The van der Waals surface area contributed by atoms with Gasteiger partial charge in [-0.1, -0.05) is 48.5 Å². The minimum Gasteiger partial charge on any atom is -0.463 e. The number of aryl methyl sites for hydroxylation is 2. The monoisotopic (exact) mass is 460 g/mol. The Morgan fingerprint density at radius 1 is 1.09 bits per heavy atom. The van der Waals surface area contributed by atoms with Gasteiger partial charge in [0.1, 0.15) is 5.54 Å². The lowest BCUT2D eigenvalue weighted by molar-refractivity contribution is -0.155. The summed E-state index contributed by atoms with van der Waals surface area (Å²) in [4.78, 5) is 36.9. The Morgan fingerprint density at radius 3 is 2.41 bits per heavy atom. The molecule has 1 aliphatic heterocycles. The highest BCUT2D eigenvalue weighted by Crippen LogP contribution is 2.41. The van der Waals surface area contributed by atoms with Crippen molar-refractivity contribution in [2.24, 2.45) is 0 Å². The zero-order valence-corrected chi connectivity index (χ0v) is 19.7. The third kappa shape index (κ3) is 4.24. The minimum atomic E-state index is -1.26. The molecule has 1 aliphatic rings. The van der Waals surface area contributed by atoms with Crippen LogP contribution in [0.2, 0.25) is 0 Å². The number of carbonyl (C=O) groups is 2. The van der Waals surface area contributed by atoms with Crippen LogP contribution >= 0.6 is 0 Å². The van der Waals surface area contributed by atoms with Gasteiger partial charge in [0.15, 0.2) is 0 Å². The first kappa shape index (κ1) is 23.4. The summed E-state index contributed by atoms with van der Waals surface area (Å²) in [6.45, 7) is 5.55. The molecule has 0 unspecified atom stereocenters. The van der Waals surface area contributed by atoms with Crippen molar-refractivity contribution >= 4 is 17.6 Å². The van der Waals surface area contributed by atoms with Gasteiger partial charge in [0.25, 0.3) is 0 Å². The quantitative estimate of drug-likeness (QED) is 0.566. The molecular formula is C26H28N4O4. The zero-order valence-electron chi connectivity index (χ0n) is 19.7. The molecule has 8 nitrogen and oxygen atoms in total. The van der Waals surface area contributed by atoms with Crippen LogP contribution in [0, 0.1) is 13.8 Å². The summed E-state index contributed by atoms with van der Waals surface area (Å²) in [6, 6.07) is 18.8. The van der Waals surface area contributed by atoms with Gasteiger partial charge in [-0.2, -0.15) is 0 Å². The fourth-order valence-corrected chi connectivity index (χ4v) is 4.39. The van der Waals surface area contributed by atoms with Crippen LogP contribution in [0.1, 0.15) is 29.4 Å². The van der Waals surface area contributed by atoms with Crippen LogP contribution in [0.4, 0.5) is 5.69 Å². The van der Waals surface area contributed by atoms with E-state index in [1.165, 1.54) is 0 Å². The van der Waals surface area contributed by atoms with Gasteiger partial charge in [0, 0.05) is 29.7 Å². The predicted octanol–water partition coefficient (Wildman–Crippen LogP) is 2.91. The van der Waals surface area contributed by atoms with Crippen molar-refractivity contribution in [2.75, 3.05) is 25.1 Å². The summed E-state index contributed by atoms with van der Waals surface area (Å²) in [5.41, 5.74) is 2.28. The lowest BCUT2D eigenvalue weighted by Gasteiger charge is -2.40. The van der Waals surface area contributed by atoms with Crippen LogP contribution in [-0.2, 0) is 19.9 Å². The topological polar surface area (TPSA) is 93.6 Å². The van der Waals surface area contributed by atoms with Crippen molar-refractivity contribution in [2.45, 2.75) is 32.4 Å². The lowest BCUT2D eigenvalue weighted by Crippen LogP contribution is -2.59. The highest BCUT2D eigenvalue weighted by Gasteiger charge is 2.52. The number of benzene rings is 2. The van der Waals surface area contributed by atoms with Crippen molar-refractivity contribution < 1.29 is 19.1 Å². The van der Waals surface area contributed by atoms with Crippen molar-refractivity contribution in [3.63, 3.8) is 0 Å². The lowest BCUT2D eigenvalue weighted by atomic mass is 9.77. The van der Waals surface area contributed by atoms with Gasteiger partial charge in [-0.25, -0.2) is 14.8 Å². The van der Waals surface area contributed by atoms with Crippen LogP contribution in [0.5, 0.6) is 6.01 Å². The maximum atomic E-state index is 13.5. The molecule has 1 N–H and O–H groups in total. The van der Waals surface area contributed by atoms with Crippen LogP contribution in [0.15, 0.2) is 60.7 Å². The molecule has 0 aliphatic carbocycles. The maximum absolute atomic E-state index is 13.5. The van der Waals surface area contributed by atoms with E-state index >= 15 is 0 Å². The second kappa shape index (κ2) is 9.61. The Hall–Kier alpha value is -3.78. The molecule has 176 valence electrons. The van der Waals surface area contributed by atoms with E-state index in [1.807, 2.05) is 74.5 Å². The zero-order chi connectivity index (χ0) is 24.3. The summed E-state index contributed by atoms with van der Waals surface area (Å²) in [5.74, 6) is -0.732. The molecular weight excluding hydrogens is 432 g/mol. The molecule has 0 saturated carbocycles. The number of nitrogens with one attached hydrogen (secondary N) is 1. The highest BCUT2D eigenvalue weighted by molar-refractivity contribution is 5.97. The number of hydrogen-bond acceptors (Lipinski definition) is 7. The molecule has 1 amide bonds. The molecule has 3 aromatic rings. The number of aromatic nitrogens is 2. The Kier molecular flexibility index (Phi) is 6.61. The largest absolute Gasteiger partial charge is 0.463 e. The average Bonchev–Trinajstić information content (AvgIpc) is 2.93. The second-order valence-corrected chi connectivity index (χ2v) is 8.18. The number of anilines is 1. The summed E-state index contributed by atoms with van der Waals surface area (Å²) >= 11 is 0. The Bertz CT molecular complexity index is 1180. The number of carbonyl (C=O) groups excluding carboxylic acids is 2. The molecule has 1 aromatic heterocycles. The number of amides is 1. The summed E-state index contributed by atoms with van der Waals surface area (Å²) in [7, 11) is 1.72. The summed E-state index contributed by atoms with van der Waals surface area (Å²) in [6.07, 6.45) is -1.23. The number of fused-ring (bicyclic) bond motifs is 1. The maximum Gasteiger partial charge on any atom is 0.350 e. The Morgan fingerprint density at radius 2 is 1.74 bits per heavy atom. The molecule has 0 spiro atoms. The number of hydrogen-bond donors (Lipinski definition) is 1. The van der Waals surface area contributed by atoms with E-state index in [4.69, 9.17) is 9.47 Å². The molecule has 2 heterocycles. The number of likely N-dealkylation sites (N-methyl/N-ethyl adjacent to an activating group) is 1. The van der Waals surface area contributed by atoms with E-state index < -0.39 is 17.6 Å². The second-order valence-electron chi connectivity index (χ2n) is 8.18. The normalized spacial score (nSPS) is 18.6. The van der Waals surface area contributed by atoms with Gasteiger partial charge < -0.3 is 14.4 Å². The van der Waals surface area contributed by atoms with Crippen LogP contribution in [0.25, 0.3) is 0 Å². The summed E-state index contributed by atoms with van der Waals surface area (Å²) < 4.78 is 11.8. The number of rotatable bonds is 6. The van der Waals surface area contributed by atoms with Crippen molar-refractivity contribution in [1.82, 2.24) is 15.3 Å². The highest BCUT2D eigenvalue weighted by atomic mass is 16.6. The van der Waals surface area contributed by atoms with Crippen LogP contribution in [-0.4, -0.2) is 48.1 Å². The van der Waals surface area contributed by atoms with Gasteiger partial charge in [0.2, 0.25) is 12.0 Å². The molecule has 2 atom stereocenters. The smallest absolute Gasteiger partial charge is 0.350 e. The molecule has 0 fully saturated rings. The minimum absolute atomic E-state index is 0.0208. The molecule has 0 saturated heterocycles. The first-order valence-corrected chi connectivity index (χ1v) is 11.2. The van der Waals surface area contributed by atoms with E-state index in [0.717, 1.165) is 5.56 Å². The molecule has 34 heavy (non-hydrogen) atoms. The summed E-state index contributed by atoms with van der Waals surface area (Å²) in [5, 5.41) is 3.36. The fraction of sp³-hybridized carbons (Fsp3) is 0.308. The van der Waals surface area contributed by atoms with Gasteiger partial charge >= 0.3 is 12.0 Å². The molecule has 4 rings (SSSR count). The average molecular weight is 461 g/mol. The number of nitrogens with zero attached hydrogens (tertiary/aromatic N) is 3. The van der Waals surface area contributed by atoms with Crippen molar-refractivity contribution in [1.29, 1.82) is 0 Å². The standard InChI is InChI=1S/C26H28N4O4/c1-5-33-24(32)23(34-25-28-17(2)15-18(3)29-25)26(19-11-7-6-8-12-19)20-13-9-10-14-21(20)30(4)22(31)16-27-26/h6-15,23,27H,5,16H2,1-4H3/t23-,26+/m1/s1. The number of para-hydroxylation sites is 1. The van der Waals surface area contributed by atoms with E-state index in [2.05, 4.69) is 15.3 Å². The van der Waals surface area contributed by atoms with E-state index in [0.29, 0.717) is 22.6 Å². The first-order chi connectivity index (χ1) is 16.4. The van der Waals surface area contributed by atoms with Crippen LogP contribution < -0.4 is 15.0 Å².